The van der Waals surface area contributed by atoms with Crippen LogP contribution >= 0.6 is 0 Å². The number of rotatable bonds is 7. The molecule has 1 rings (SSSR count). The summed E-state index contributed by atoms with van der Waals surface area (Å²) in [4.78, 5) is 11.5. The summed E-state index contributed by atoms with van der Waals surface area (Å²) in [5, 5.41) is 5.90. The third-order valence-corrected chi connectivity index (χ3v) is 2.77. The van der Waals surface area contributed by atoms with E-state index in [1.165, 1.54) is 12.1 Å². The number of carbonyl (C=O) groups excluding carboxylic acids is 1. The van der Waals surface area contributed by atoms with Gasteiger partial charge in [0.2, 0.25) is 5.91 Å². The normalized spacial score (nSPS) is 12.2. The van der Waals surface area contributed by atoms with Gasteiger partial charge in [-0.25, -0.2) is 4.39 Å². The molecule has 2 N–H and O–H groups in total. The lowest BCUT2D eigenvalue weighted by Gasteiger charge is -2.14. The van der Waals surface area contributed by atoms with E-state index in [9.17, 15) is 9.18 Å². The Morgan fingerprint density at radius 3 is 2.89 bits per heavy atom. The third kappa shape index (κ3) is 5.27. The van der Waals surface area contributed by atoms with Crippen LogP contribution in [-0.4, -0.2) is 19.0 Å². The average molecular weight is 252 g/mol. The largest absolute Gasteiger partial charge is 0.355 e. The highest BCUT2D eigenvalue weighted by Gasteiger charge is 2.07. The Balaban J connectivity index is 2.32. The minimum Gasteiger partial charge on any atom is -0.355 e. The van der Waals surface area contributed by atoms with Gasteiger partial charge in [-0.1, -0.05) is 25.5 Å². The Labute approximate surface area is 108 Å². The highest BCUT2D eigenvalue weighted by molar-refractivity contribution is 5.77. The van der Waals surface area contributed by atoms with E-state index in [0.717, 1.165) is 18.4 Å². The molecule has 100 valence electrons. The van der Waals surface area contributed by atoms with E-state index in [1.54, 1.807) is 6.07 Å². The molecule has 4 heteroatoms. The Hall–Kier alpha value is -1.42. The van der Waals surface area contributed by atoms with Crippen molar-refractivity contribution in [3.05, 3.63) is 35.6 Å². The summed E-state index contributed by atoms with van der Waals surface area (Å²) in [6.45, 7) is 4.96. The van der Waals surface area contributed by atoms with Crippen molar-refractivity contribution in [1.29, 1.82) is 0 Å². The van der Waals surface area contributed by atoms with E-state index in [2.05, 4.69) is 17.6 Å². The number of amides is 1. The summed E-state index contributed by atoms with van der Waals surface area (Å²) in [5.41, 5.74) is 0.844. The number of unbranched alkanes of at least 4 members (excludes halogenated alkanes) is 1. The number of carbonyl (C=O) groups is 1. The molecule has 0 heterocycles. The van der Waals surface area contributed by atoms with E-state index in [1.807, 2.05) is 13.0 Å². The molecule has 0 bridgehead atoms. The van der Waals surface area contributed by atoms with E-state index < -0.39 is 0 Å². The van der Waals surface area contributed by atoms with Gasteiger partial charge in [-0.15, -0.1) is 0 Å². The Bertz CT molecular complexity index is 382. The van der Waals surface area contributed by atoms with Crippen molar-refractivity contribution in [3.8, 4) is 0 Å². The molecule has 1 amide bonds. The zero-order valence-electron chi connectivity index (χ0n) is 11.0. The molecule has 0 aromatic heterocycles. The van der Waals surface area contributed by atoms with Crippen LogP contribution in [0.5, 0.6) is 0 Å². The van der Waals surface area contributed by atoms with Crippen molar-refractivity contribution in [3.63, 3.8) is 0 Å². The highest BCUT2D eigenvalue weighted by Crippen LogP contribution is 2.12. The maximum absolute atomic E-state index is 13.0. The summed E-state index contributed by atoms with van der Waals surface area (Å²) in [7, 11) is 0. The van der Waals surface area contributed by atoms with Crippen LogP contribution in [0.25, 0.3) is 0 Å². The fourth-order valence-corrected chi connectivity index (χ4v) is 1.61. The van der Waals surface area contributed by atoms with Gasteiger partial charge >= 0.3 is 0 Å². The SMILES string of the molecule is CCCCNC(=O)CNC(C)c1cccc(F)c1. The monoisotopic (exact) mass is 252 g/mol. The Kier molecular flexibility index (Phi) is 6.36. The number of nitrogens with one attached hydrogen (secondary N) is 2. The van der Waals surface area contributed by atoms with Gasteiger partial charge in [0.1, 0.15) is 5.82 Å². The lowest BCUT2D eigenvalue weighted by Crippen LogP contribution is -2.35. The van der Waals surface area contributed by atoms with Crippen molar-refractivity contribution in [2.24, 2.45) is 0 Å². The second-order valence-electron chi connectivity index (χ2n) is 4.36. The Morgan fingerprint density at radius 2 is 2.22 bits per heavy atom. The summed E-state index contributed by atoms with van der Waals surface area (Å²) < 4.78 is 13.0. The third-order valence-electron chi connectivity index (χ3n) is 2.77. The summed E-state index contributed by atoms with van der Waals surface area (Å²) >= 11 is 0. The molecule has 0 fully saturated rings. The molecule has 0 aliphatic rings. The first kappa shape index (κ1) is 14.6. The summed E-state index contributed by atoms with van der Waals surface area (Å²) in [5.74, 6) is -0.278. The van der Waals surface area contributed by atoms with Crippen molar-refractivity contribution < 1.29 is 9.18 Å². The summed E-state index contributed by atoms with van der Waals surface area (Å²) in [6.07, 6.45) is 2.05. The zero-order chi connectivity index (χ0) is 13.4. The molecule has 0 spiro atoms. The zero-order valence-corrected chi connectivity index (χ0v) is 11.0. The van der Waals surface area contributed by atoms with Crippen LogP contribution in [0.2, 0.25) is 0 Å². The van der Waals surface area contributed by atoms with E-state index in [4.69, 9.17) is 0 Å². The van der Waals surface area contributed by atoms with E-state index >= 15 is 0 Å². The molecule has 0 saturated carbocycles. The van der Waals surface area contributed by atoms with Crippen molar-refractivity contribution >= 4 is 5.91 Å². The predicted molar refractivity (Wildman–Crippen MR) is 70.7 cm³/mol. The second kappa shape index (κ2) is 7.82. The van der Waals surface area contributed by atoms with Crippen LogP contribution in [0, 0.1) is 5.82 Å². The van der Waals surface area contributed by atoms with E-state index in [0.29, 0.717) is 6.54 Å². The van der Waals surface area contributed by atoms with Gasteiger partial charge < -0.3 is 10.6 Å². The molecule has 1 aromatic rings. The van der Waals surface area contributed by atoms with Gasteiger partial charge in [0.05, 0.1) is 6.54 Å². The molecule has 0 aliphatic carbocycles. The van der Waals surface area contributed by atoms with Crippen molar-refractivity contribution in [1.82, 2.24) is 10.6 Å². The van der Waals surface area contributed by atoms with Gasteiger partial charge in [0.25, 0.3) is 0 Å². The molecule has 1 atom stereocenters. The highest BCUT2D eigenvalue weighted by atomic mass is 19.1. The van der Waals surface area contributed by atoms with E-state index in [-0.39, 0.29) is 24.3 Å². The topological polar surface area (TPSA) is 41.1 Å². The molecule has 0 radical (unpaired) electrons. The van der Waals surface area contributed by atoms with Crippen LogP contribution in [0.3, 0.4) is 0 Å². The van der Waals surface area contributed by atoms with Crippen LogP contribution < -0.4 is 10.6 Å². The second-order valence-corrected chi connectivity index (χ2v) is 4.36. The van der Waals surface area contributed by atoms with Crippen molar-refractivity contribution in [2.75, 3.05) is 13.1 Å². The smallest absolute Gasteiger partial charge is 0.233 e. The molecule has 0 saturated heterocycles. The van der Waals surface area contributed by atoms with Crippen molar-refractivity contribution in [2.45, 2.75) is 32.7 Å². The molecular weight excluding hydrogens is 231 g/mol. The fourth-order valence-electron chi connectivity index (χ4n) is 1.61. The van der Waals surface area contributed by atoms with Crippen LogP contribution in [-0.2, 0) is 4.79 Å². The maximum Gasteiger partial charge on any atom is 0.233 e. The predicted octanol–water partition coefficient (Wildman–Crippen LogP) is 2.39. The summed E-state index contributed by atoms with van der Waals surface area (Å²) in [6, 6.07) is 6.36. The van der Waals surface area contributed by atoms with Gasteiger partial charge in [0, 0.05) is 12.6 Å². The first-order chi connectivity index (χ1) is 8.63. The lowest BCUT2D eigenvalue weighted by molar-refractivity contribution is -0.120. The molecule has 18 heavy (non-hydrogen) atoms. The first-order valence-electron chi connectivity index (χ1n) is 6.39. The Morgan fingerprint density at radius 1 is 1.44 bits per heavy atom. The van der Waals surface area contributed by atoms with Gasteiger partial charge in [-0.3, -0.25) is 4.79 Å². The number of hydrogen-bond donors (Lipinski definition) is 2. The quantitative estimate of drug-likeness (QED) is 0.732. The average Bonchev–Trinajstić information content (AvgIpc) is 2.36. The molecular formula is C14H21FN2O. The minimum atomic E-state index is -0.256. The molecule has 3 nitrogen and oxygen atoms in total. The molecule has 1 unspecified atom stereocenters. The fraction of sp³-hybridized carbons (Fsp3) is 0.500. The number of halogens is 1. The number of benzene rings is 1. The van der Waals surface area contributed by atoms with Gasteiger partial charge in [-0.2, -0.15) is 0 Å². The molecule has 0 aliphatic heterocycles. The lowest BCUT2D eigenvalue weighted by atomic mass is 10.1. The van der Waals surface area contributed by atoms with Crippen LogP contribution in [0.4, 0.5) is 4.39 Å². The van der Waals surface area contributed by atoms with Crippen LogP contribution in [0.1, 0.15) is 38.3 Å². The number of hydrogen-bond acceptors (Lipinski definition) is 2. The minimum absolute atomic E-state index is 0.0216. The first-order valence-corrected chi connectivity index (χ1v) is 6.39. The maximum atomic E-state index is 13.0. The molecule has 1 aromatic carbocycles. The standard InChI is InChI=1S/C14H21FN2O/c1-3-4-8-16-14(18)10-17-11(2)12-6-5-7-13(15)9-12/h5-7,9,11,17H,3-4,8,10H2,1-2H3,(H,16,18). The van der Waals surface area contributed by atoms with Gasteiger partial charge in [-0.05, 0) is 31.0 Å². The van der Waals surface area contributed by atoms with Crippen LogP contribution in [0.15, 0.2) is 24.3 Å². The van der Waals surface area contributed by atoms with Gasteiger partial charge in [0.15, 0.2) is 0 Å².